The van der Waals surface area contributed by atoms with Crippen molar-refractivity contribution >= 4 is 61.5 Å². The molecular formula is C27H27N3O5S3. The first kappa shape index (κ1) is 26.5. The Kier molecular flexibility index (Phi) is 7.87. The van der Waals surface area contributed by atoms with Gasteiger partial charge in [0.2, 0.25) is 5.91 Å². The number of thiophene rings is 2. The van der Waals surface area contributed by atoms with E-state index in [1.165, 1.54) is 28.0 Å². The number of allylic oxidation sites excluding steroid dienone is 1. The van der Waals surface area contributed by atoms with Gasteiger partial charge in [0.25, 0.3) is 5.56 Å². The first-order chi connectivity index (χ1) is 18.4. The molecule has 0 unspecified atom stereocenters. The molecule has 1 aliphatic carbocycles. The summed E-state index contributed by atoms with van der Waals surface area (Å²) in [6.45, 7) is 7.85. The first-order valence-electron chi connectivity index (χ1n) is 12.3. The quantitative estimate of drug-likeness (QED) is 0.113. The average Bonchev–Trinajstić information content (AvgIpc) is 3.61. The van der Waals surface area contributed by atoms with Gasteiger partial charge >= 0.3 is 5.97 Å². The zero-order chi connectivity index (χ0) is 26.8. The lowest BCUT2D eigenvalue weighted by Gasteiger charge is -2.12. The highest BCUT2D eigenvalue weighted by Crippen LogP contribution is 2.38. The van der Waals surface area contributed by atoms with Crippen molar-refractivity contribution < 1.29 is 18.7 Å². The van der Waals surface area contributed by atoms with Gasteiger partial charge in [-0.05, 0) is 57.2 Å². The molecule has 4 aromatic heterocycles. The third kappa shape index (κ3) is 5.10. The number of furan rings is 1. The fourth-order valence-electron chi connectivity index (χ4n) is 4.53. The average molecular weight is 570 g/mol. The Bertz CT molecular complexity index is 1590. The van der Waals surface area contributed by atoms with Crippen LogP contribution in [-0.2, 0) is 28.9 Å². The molecule has 0 aromatic carbocycles. The van der Waals surface area contributed by atoms with Crippen molar-refractivity contribution in [2.24, 2.45) is 0 Å². The molecule has 0 atom stereocenters. The third-order valence-corrected chi connectivity index (χ3v) is 9.27. The van der Waals surface area contributed by atoms with Gasteiger partial charge in [0.05, 0.1) is 17.7 Å². The highest BCUT2D eigenvalue weighted by atomic mass is 32.2. The lowest BCUT2D eigenvalue weighted by Crippen LogP contribution is -2.24. The van der Waals surface area contributed by atoms with Gasteiger partial charge in [0.15, 0.2) is 5.16 Å². The van der Waals surface area contributed by atoms with Gasteiger partial charge in [-0.3, -0.25) is 14.2 Å². The van der Waals surface area contributed by atoms with Crippen molar-refractivity contribution in [2.75, 3.05) is 17.7 Å². The molecule has 0 fully saturated rings. The normalized spacial score (nSPS) is 12.9. The van der Waals surface area contributed by atoms with Gasteiger partial charge in [0, 0.05) is 22.4 Å². The Morgan fingerprint density at radius 3 is 2.87 bits per heavy atom. The molecule has 0 spiro atoms. The van der Waals surface area contributed by atoms with E-state index < -0.39 is 5.97 Å². The number of hydrogen-bond acceptors (Lipinski definition) is 9. The van der Waals surface area contributed by atoms with E-state index in [1.54, 1.807) is 40.4 Å². The summed E-state index contributed by atoms with van der Waals surface area (Å²) in [4.78, 5) is 46.0. The molecule has 198 valence electrons. The van der Waals surface area contributed by atoms with Crippen LogP contribution in [0.4, 0.5) is 5.00 Å². The molecule has 0 saturated heterocycles. The topological polar surface area (TPSA) is 103 Å². The van der Waals surface area contributed by atoms with E-state index >= 15 is 0 Å². The minimum Gasteiger partial charge on any atom is -0.462 e. The molecule has 1 N–H and O–H groups in total. The van der Waals surface area contributed by atoms with Crippen molar-refractivity contribution in [3.8, 4) is 11.3 Å². The standard InChI is InChI=1S/C27H27N3O5S3/c1-4-12-30-25(32)21-16-8-6-7-9-19(16)38-24(21)29-27(30)37-14-20(31)28-23-22(26(33)34-5-2)17(13-36-23)18-11-10-15(3)35-18/h4,10-11,13H,1,5-9,12,14H2,2-3H3,(H,28,31). The molecule has 0 aliphatic heterocycles. The zero-order valence-corrected chi connectivity index (χ0v) is 23.6. The van der Waals surface area contributed by atoms with Crippen LogP contribution in [0.5, 0.6) is 0 Å². The largest absolute Gasteiger partial charge is 0.462 e. The van der Waals surface area contributed by atoms with E-state index in [0.717, 1.165) is 36.1 Å². The summed E-state index contributed by atoms with van der Waals surface area (Å²) < 4.78 is 12.5. The van der Waals surface area contributed by atoms with Crippen molar-refractivity contribution in [3.05, 3.63) is 62.3 Å². The summed E-state index contributed by atoms with van der Waals surface area (Å²) in [5, 5.41) is 6.17. The van der Waals surface area contributed by atoms with Crippen molar-refractivity contribution in [1.82, 2.24) is 9.55 Å². The predicted molar refractivity (Wildman–Crippen MR) is 153 cm³/mol. The van der Waals surface area contributed by atoms with Gasteiger partial charge in [-0.2, -0.15) is 0 Å². The fraction of sp³-hybridized carbons (Fsp3) is 0.333. The van der Waals surface area contributed by atoms with Gasteiger partial charge in [0.1, 0.15) is 26.9 Å². The third-order valence-electron chi connectivity index (χ3n) is 6.21. The molecular weight excluding hydrogens is 543 g/mol. The smallest absolute Gasteiger partial charge is 0.341 e. The predicted octanol–water partition coefficient (Wildman–Crippen LogP) is 6.06. The molecule has 4 aromatic rings. The number of carbonyl (C=O) groups is 2. The number of aryl methyl sites for hydroxylation is 3. The van der Waals surface area contributed by atoms with Crippen molar-refractivity contribution in [2.45, 2.75) is 51.2 Å². The van der Waals surface area contributed by atoms with E-state index in [9.17, 15) is 14.4 Å². The van der Waals surface area contributed by atoms with Crippen molar-refractivity contribution in [3.63, 3.8) is 0 Å². The number of ether oxygens (including phenoxy) is 1. The Hall–Kier alpha value is -3.15. The summed E-state index contributed by atoms with van der Waals surface area (Å²) in [5.41, 5.74) is 1.88. The number of anilines is 1. The number of esters is 1. The second-order valence-corrected chi connectivity index (χ2v) is 11.7. The number of nitrogens with zero attached hydrogens (tertiary/aromatic N) is 2. The number of amides is 1. The lowest BCUT2D eigenvalue weighted by atomic mass is 9.97. The molecule has 11 heteroatoms. The monoisotopic (exact) mass is 569 g/mol. The SMILES string of the molecule is C=CCn1c(SCC(=O)Nc2scc(-c3ccc(C)o3)c2C(=O)OCC)nc2sc3c(c2c1=O)CCCC3. The van der Waals surface area contributed by atoms with Gasteiger partial charge in [-0.15, -0.1) is 29.3 Å². The second kappa shape index (κ2) is 11.3. The highest BCUT2D eigenvalue weighted by molar-refractivity contribution is 7.99. The van der Waals surface area contributed by atoms with Crippen LogP contribution in [0.2, 0.25) is 0 Å². The minimum absolute atomic E-state index is 0.00946. The van der Waals surface area contributed by atoms with Crippen LogP contribution in [0.25, 0.3) is 21.5 Å². The van der Waals surface area contributed by atoms with E-state index in [4.69, 9.17) is 14.1 Å². The Labute approximate surface area is 231 Å². The van der Waals surface area contributed by atoms with Crippen LogP contribution in [0.15, 0.2) is 44.5 Å². The molecule has 5 rings (SSSR count). The Morgan fingerprint density at radius 2 is 2.13 bits per heavy atom. The maximum absolute atomic E-state index is 13.4. The molecule has 0 saturated carbocycles. The maximum atomic E-state index is 13.4. The minimum atomic E-state index is -0.533. The number of thioether (sulfide) groups is 1. The molecule has 0 bridgehead atoms. The molecule has 38 heavy (non-hydrogen) atoms. The molecule has 8 nitrogen and oxygen atoms in total. The van der Waals surface area contributed by atoms with Crippen molar-refractivity contribution in [1.29, 1.82) is 0 Å². The number of rotatable bonds is 9. The lowest BCUT2D eigenvalue weighted by molar-refractivity contribution is -0.113. The number of fused-ring (bicyclic) bond motifs is 3. The van der Waals surface area contributed by atoms with Crippen LogP contribution in [0.3, 0.4) is 0 Å². The van der Waals surface area contributed by atoms with Crippen LogP contribution in [0, 0.1) is 6.92 Å². The molecule has 4 heterocycles. The number of carbonyl (C=O) groups excluding carboxylic acids is 2. The van der Waals surface area contributed by atoms with Gasteiger partial charge in [-0.25, -0.2) is 9.78 Å². The zero-order valence-electron chi connectivity index (χ0n) is 21.1. The van der Waals surface area contributed by atoms with Crippen LogP contribution < -0.4 is 10.9 Å². The summed E-state index contributed by atoms with van der Waals surface area (Å²) in [5.74, 6) is 0.394. The highest BCUT2D eigenvalue weighted by Gasteiger charge is 2.25. The first-order valence-corrected chi connectivity index (χ1v) is 15.0. The number of nitrogens with one attached hydrogen (secondary N) is 1. The number of aromatic nitrogens is 2. The second-order valence-electron chi connectivity index (χ2n) is 8.81. The maximum Gasteiger partial charge on any atom is 0.341 e. The summed E-state index contributed by atoms with van der Waals surface area (Å²) in [6.07, 6.45) is 5.74. The van der Waals surface area contributed by atoms with E-state index in [0.29, 0.717) is 39.2 Å². The molecule has 1 amide bonds. The van der Waals surface area contributed by atoms with Crippen LogP contribution in [0.1, 0.15) is 46.3 Å². The van der Waals surface area contributed by atoms with E-state index in [2.05, 4.69) is 11.9 Å². The van der Waals surface area contributed by atoms with Crippen LogP contribution in [-0.4, -0.2) is 33.8 Å². The summed E-state index contributed by atoms with van der Waals surface area (Å²) in [6, 6.07) is 3.60. The summed E-state index contributed by atoms with van der Waals surface area (Å²) in [7, 11) is 0. The molecule has 1 aliphatic rings. The van der Waals surface area contributed by atoms with Crippen LogP contribution >= 0.6 is 34.4 Å². The summed E-state index contributed by atoms with van der Waals surface area (Å²) >= 11 is 4.00. The fourth-order valence-corrected chi connectivity index (χ4v) is 7.59. The van der Waals surface area contributed by atoms with E-state index in [-0.39, 0.29) is 29.4 Å². The van der Waals surface area contributed by atoms with E-state index in [1.807, 2.05) is 13.0 Å². The molecule has 0 radical (unpaired) electrons. The van der Waals surface area contributed by atoms with Gasteiger partial charge in [-0.1, -0.05) is 17.8 Å². The Morgan fingerprint density at radius 1 is 1.32 bits per heavy atom. The Balaban J connectivity index is 1.40. The number of hydrogen-bond donors (Lipinski definition) is 1. The van der Waals surface area contributed by atoms with Gasteiger partial charge < -0.3 is 14.5 Å².